The van der Waals surface area contributed by atoms with Gasteiger partial charge in [0.15, 0.2) is 0 Å². The molecule has 0 radical (unpaired) electrons. The van der Waals surface area contributed by atoms with Crippen molar-refractivity contribution in [1.82, 2.24) is 15.5 Å². The van der Waals surface area contributed by atoms with Crippen molar-refractivity contribution in [2.75, 3.05) is 26.2 Å². The third kappa shape index (κ3) is 3.73. The summed E-state index contributed by atoms with van der Waals surface area (Å²) in [5, 5.41) is 6.63. The van der Waals surface area contributed by atoms with Gasteiger partial charge in [0, 0.05) is 32.2 Å². The van der Waals surface area contributed by atoms with E-state index in [1.54, 1.807) is 0 Å². The lowest BCUT2D eigenvalue weighted by molar-refractivity contribution is -0.133. The summed E-state index contributed by atoms with van der Waals surface area (Å²) in [6.45, 7) is 10.2. The zero-order chi connectivity index (χ0) is 14.6. The average molecular weight is 281 g/mol. The first-order valence-corrected chi connectivity index (χ1v) is 8.28. The van der Waals surface area contributed by atoms with Crippen LogP contribution in [0.4, 0.5) is 0 Å². The topological polar surface area (TPSA) is 44.4 Å². The summed E-state index contributed by atoms with van der Waals surface area (Å²) < 4.78 is 0. The van der Waals surface area contributed by atoms with E-state index in [4.69, 9.17) is 0 Å². The van der Waals surface area contributed by atoms with Gasteiger partial charge in [-0.25, -0.2) is 0 Å². The Labute approximate surface area is 123 Å². The van der Waals surface area contributed by atoms with Gasteiger partial charge in [-0.2, -0.15) is 0 Å². The first kappa shape index (κ1) is 15.8. The van der Waals surface area contributed by atoms with Crippen molar-refractivity contribution < 1.29 is 4.79 Å². The molecule has 0 spiro atoms. The van der Waals surface area contributed by atoms with Gasteiger partial charge in [0.2, 0.25) is 5.91 Å². The molecule has 1 atom stereocenters. The number of hydrogen-bond acceptors (Lipinski definition) is 3. The molecule has 1 saturated carbocycles. The van der Waals surface area contributed by atoms with Crippen LogP contribution in [0.25, 0.3) is 0 Å². The summed E-state index contributed by atoms with van der Waals surface area (Å²) in [6, 6.07) is 0.310. The number of carbonyl (C=O) groups excluding carboxylic acids is 1. The molecule has 1 saturated heterocycles. The summed E-state index contributed by atoms with van der Waals surface area (Å²) >= 11 is 0. The van der Waals surface area contributed by atoms with Crippen molar-refractivity contribution >= 4 is 5.91 Å². The highest BCUT2D eigenvalue weighted by atomic mass is 16.2. The SMILES string of the molecule is CC(NC(=O)C(C)(C)N1CCNCC1)C1CCCCC1. The van der Waals surface area contributed by atoms with Crippen LogP contribution >= 0.6 is 0 Å². The van der Waals surface area contributed by atoms with Crippen LogP contribution in [-0.4, -0.2) is 48.6 Å². The van der Waals surface area contributed by atoms with E-state index in [9.17, 15) is 4.79 Å². The highest BCUT2D eigenvalue weighted by molar-refractivity contribution is 5.85. The van der Waals surface area contributed by atoms with Crippen molar-refractivity contribution in [1.29, 1.82) is 0 Å². The molecule has 2 aliphatic rings. The molecular weight excluding hydrogens is 250 g/mol. The summed E-state index contributed by atoms with van der Waals surface area (Å²) in [7, 11) is 0. The third-order valence-corrected chi connectivity index (χ3v) is 5.18. The van der Waals surface area contributed by atoms with Crippen LogP contribution in [0, 0.1) is 5.92 Å². The van der Waals surface area contributed by atoms with Crippen molar-refractivity contribution in [3.63, 3.8) is 0 Å². The monoisotopic (exact) mass is 281 g/mol. The molecule has 1 heterocycles. The van der Waals surface area contributed by atoms with Crippen LogP contribution < -0.4 is 10.6 Å². The number of hydrogen-bond donors (Lipinski definition) is 2. The Hall–Kier alpha value is -0.610. The average Bonchev–Trinajstić information content (AvgIpc) is 2.49. The third-order valence-electron chi connectivity index (χ3n) is 5.18. The van der Waals surface area contributed by atoms with E-state index in [1.165, 1.54) is 32.1 Å². The zero-order valence-corrected chi connectivity index (χ0v) is 13.4. The molecule has 1 amide bonds. The minimum atomic E-state index is -0.398. The second kappa shape index (κ2) is 6.90. The molecule has 2 fully saturated rings. The van der Waals surface area contributed by atoms with E-state index in [0.29, 0.717) is 12.0 Å². The number of rotatable bonds is 4. The van der Waals surface area contributed by atoms with E-state index in [0.717, 1.165) is 26.2 Å². The molecule has 0 aromatic carbocycles. The van der Waals surface area contributed by atoms with Crippen LogP contribution in [-0.2, 0) is 4.79 Å². The number of nitrogens with zero attached hydrogens (tertiary/aromatic N) is 1. The number of carbonyl (C=O) groups is 1. The molecule has 1 aliphatic carbocycles. The molecule has 0 bridgehead atoms. The quantitative estimate of drug-likeness (QED) is 0.825. The molecule has 116 valence electrons. The lowest BCUT2D eigenvalue weighted by atomic mass is 9.84. The molecule has 2 rings (SSSR count). The predicted molar refractivity (Wildman–Crippen MR) is 82.7 cm³/mol. The van der Waals surface area contributed by atoms with E-state index in [1.807, 2.05) is 0 Å². The predicted octanol–water partition coefficient (Wildman–Crippen LogP) is 1.76. The van der Waals surface area contributed by atoms with E-state index < -0.39 is 5.54 Å². The maximum atomic E-state index is 12.6. The Balaban J connectivity index is 1.88. The van der Waals surface area contributed by atoms with Gasteiger partial charge in [0.1, 0.15) is 0 Å². The zero-order valence-electron chi connectivity index (χ0n) is 13.4. The standard InChI is InChI=1S/C16H31N3O/c1-13(14-7-5-4-6-8-14)18-15(20)16(2,3)19-11-9-17-10-12-19/h13-14,17H,4-12H2,1-3H3,(H,18,20). The highest BCUT2D eigenvalue weighted by Gasteiger charge is 2.36. The Morgan fingerprint density at radius 2 is 1.80 bits per heavy atom. The van der Waals surface area contributed by atoms with Gasteiger partial charge in [0.05, 0.1) is 5.54 Å². The fraction of sp³-hybridized carbons (Fsp3) is 0.938. The lowest BCUT2D eigenvalue weighted by Crippen LogP contribution is -2.61. The first-order valence-electron chi connectivity index (χ1n) is 8.28. The van der Waals surface area contributed by atoms with Crippen LogP contribution in [0.1, 0.15) is 52.9 Å². The van der Waals surface area contributed by atoms with Crippen LogP contribution in [0.2, 0.25) is 0 Å². The molecule has 4 nitrogen and oxygen atoms in total. The smallest absolute Gasteiger partial charge is 0.240 e. The fourth-order valence-corrected chi connectivity index (χ4v) is 3.50. The van der Waals surface area contributed by atoms with Gasteiger partial charge >= 0.3 is 0 Å². The van der Waals surface area contributed by atoms with E-state index in [-0.39, 0.29) is 5.91 Å². The number of piperazine rings is 1. The largest absolute Gasteiger partial charge is 0.352 e. The van der Waals surface area contributed by atoms with Crippen LogP contribution in [0.15, 0.2) is 0 Å². The molecular formula is C16H31N3O. The molecule has 2 N–H and O–H groups in total. The minimum absolute atomic E-state index is 0.192. The van der Waals surface area contributed by atoms with Gasteiger partial charge in [0.25, 0.3) is 0 Å². The highest BCUT2D eigenvalue weighted by Crippen LogP contribution is 2.27. The minimum Gasteiger partial charge on any atom is -0.352 e. The second-order valence-corrected chi connectivity index (χ2v) is 6.96. The van der Waals surface area contributed by atoms with Gasteiger partial charge in [-0.3, -0.25) is 9.69 Å². The second-order valence-electron chi connectivity index (χ2n) is 6.96. The Morgan fingerprint density at radius 3 is 2.40 bits per heavy atom. The summed E-state index contributed by atoms with van der Waals surface area (Å²) in [5.74, 6) is 0.865. The summed E-state index contributed by atoms with van der Waals surface area (Å²) in [6.07, 6.45) is 6.56. The molecule has 1 unspecified atom stereocenters. The fourth-order valence-electron chi connectivity index (χ4n) is 3.50. The summed E-state index contributed by atoms with van der Waals surface area (Å²) in [5.41, 5.74) is -0.398. The van der Waals surface area contributed by atoms with Crippen LogP contribution in [0.3, 0.4) is 0 Å². The molecule has 20 heavy (non-hydrogen) atoms. The summed E-state index contributed by atoms with van der Waals surface area (Å²) in [4.78, 5) is 14.9. The Kier molecular flexibility index (Phi) is 5.44. The van der Waals surface area contributed by atoms with Crippen molar-refractivity contribution in [3.05, 3.63) is 0 Å². The molecule has 1 aliphatic heterocycles. The number of nitrogens with one attached hydrogen (secondary N) is 2. The van der Waals surface area contributed by atoms with Gasteiger partial charge < -0.3 is 10.6 Å². The Morgan fingerprint density at radius 1 is 1.20 bits per heavy atom. The van der Waals surface area contributed by atoms with Gasteiger partial charge in [-0.05, 0) is 39.5 Å². The Bertz CT molecular complexity index is 318. The normalized spacial score (nSPS) is 24.4. The van der Waals surface area contributed by atoms with Crippen molar-refractivity contribution in [3.8, 4) is 0 Å². The van der Waals surface area contributed by atoms with Gasteiger partial charge in [-0.15, -0.1) is 0 Å². The van der Waals surface area contributed by atoms with Crippen LogP contribution in [0.5, 0.6) is 0 Å². The first-order chi connectivity index (χ1) is 9.51. The molecule has 4 heteroatoms. The van der Waals surface area contributed by atoms with Gasteiger partial charge in [-0.1, -0.05) is 19.3 Å². The number of amides is 1. The van der Waals surface area contributed by atoms with Crippen molar-refractivity contribution in [2.45, 2.75) is 64.5 Å². The maximum absolute atomic E-state index is 12.6. The van der Waals surface area contributed by atoms with E-state index >= 15 is 0 Å². The van der Waals surface area contributed by atoms with Crippen molar-refractivity contribution in [2.24, 2.45) is 5.92 Å². The van der Waals surface area contributed by atoms with E-state index in [2.05, 4.69) is 36.3 Å². The molecule has 0 aromatic rings. The molecule has 0 aromatic heterocycles. The lowest BCUT2D eigenvalue weighted by Gasteiger charge is -2.41. The maximum Gasteiger partial charge on any atom is 0.240 e.